The second-order valence-electron chi connectivity index (χ2n) is 4.95. The Morgan fingerprint density at radius 2 is 1.95 bits per heavy atom. The van der Waals surface area contributed by atoms with Crippen molar-refractivity contribution in [2.24, 2.45) is 0 Å². The fourth-order valence-corrected chi connectivity index (χ4v) is 2.55. The first-order chi connectivity index (χ1) is 9.15. The van der Waals surface area contributed by atoms with Crippen LogP contribution in [0.15, 0.2) is 42.5 Å². The van der Waals surface area contributed by atoms with Crippen molar-refractivity contribution in [2.45, 2.75) is 20.0 Å². The molecular weight excluding hydrogens is 236 g/mol. The molecule has 0 aromatic heterocycles. The minimum Gasteiger partial charge on any atom is -0.398 e. The zero-order valence-corrected chi connectivity index (χ0v) is 10.9. The maximum Gasteiger partial charge on any atom is 0.159 e. The number of carbonyl (C=O) groups excluding carboxylic acids is 1. The molecule has 0 aliphatic carbocycles. The van der Waals surface area contributed by atoms with Crippen LogP contribution >= 0.6 is 0 Å². The largest absolute Gasteiger partial charge is 0.398 e. The summed E-state index contributed by atoms with van der Waals surface area (Å²) in [4.78, 5) is 13.7. The maximum absolute atomic E-state index is 11.4. The molecule has 3 rings (SSSR count). The summed E-state index contributed by atoms with van der Waals surface area (Å²) in [7, 11) is 0. The first-order valence-corrected chi connectivity index (χ1v) is 6.37. The number of nitrogens with two attached hydrogens (primary N) is 1. The van der Waals surface area contributed by atoms with Gasteiger partial charge in [-0.1, -0.05) is 24.3 Å². The molecule has 2 aromatic rings. The van der Waals surface area contributed by atoms with Crippen molar-refractivity contribution in [1.82, 2.24) is 0 Å². The summed E-state index contributed by atoms with van der Waals surface area (Å²) in [5, 5.41) is 0. The van der Waals surface area contributed by atoms with Crippen molar-refractivity contribution in [3.8, 4) is 0 Å². The molecule has 0 radical (unpaired) electrons. The van der Waals surface area contributed by atoms with Gasteiger partial charge < -0.3 is 10.6 Å². The Labute approximate surface area is 112 Å². The number of nitrogen functional groups attached to an aromatic ring is 1. The summed E-state index contributed by atoms with van der Waals surface area (Å²) < 4.78 is 0. The van der Waals surface area contributed by atoms with E-state index in [1.54, 1.807) is 6.92 Å². The Morgan fingerprint density at radius 3 is 2.68 bits per heavy atom. The number of carbonyl (C=O) groups is 1. The molecule has 3 heteroatoms. The summed E-state index contributed by atoms with van der Waals surface area (Å²) >= 11 is 0. The monoisotopic (exact) mass is 252 g/mol. The summed E-state index contributed by atoms with van der Waals surface area (Å²) in [6, 6.07) is 13.8. The normalized spacial score (nSPS) is 13.4. The molecule has 2 N–H and O–H groups in total. The van der Waals surface area contributed by atoms with Crippen molar-refractivity contribution in [2.75, 3.05) is 10.6 Å². The smallest absolute Gasteiger partial charge is 0.159 e. The number of nitrogens with zero attached hydrogens (tertiary/aromatic N) is 1. The van der Waals surface area contributed by atoms with Crippen LogP contribution in [0.5, 0.6) is 0 Å². The van der Waals surface area contributed by atoms with Crippen LogP contribution in [0, 0.1) is 0 Å². The van der Waals surface area contributed by atoms with Gasteiger partial charge in [0.15, 0.2) is 5.78 Å². The van der Waals surface area contributed by atoms with E-state index in [2.05, 4.69) is 11.0 Å². The lowest BCUT2D eigenvalue weighted by Crippen LogP contribution is -2.15. The Balaban J connectivity index is 1.93. The second kappa shape index (κ2) is 4.43. The lowest BCUT2D eigenvalue weighted by Gasteiger charge is -2.18. The Hall–Kier alpha value is -2.29. The molecule has 19 heavy (non-hydrogen) atoms. The van der Waals surface area contributed by atoms with E-state index in [1.165, 1.54) is 11.1 Å². The van der Waals surface area contributed by atoms with Gasteiger partial charge in [0.05, 0.1) is 0 Å². The molecule has 0 atom stereocenters. The fraction of sp³-hybridized carbons (Fsp3) is 0.188. The van der Waals surface area contributed by atoms with E-state index in [9.17, 15) is 4.79 Å². The van der Waals surface area contributed by atoms with E-state index in [-0.39, 0.29) is 5.78 Å². The van der Waals surface area contributed by atoms with E-state index in [4.69, 9.17) is 5.73 Å². The van der Waals surface area contributed by atoms with Gasteiger partial charge in [-0.15, -0.1) is 0 Å². The third kappa shape index (κ3) is 2.08. The summed E-state index contributed by atoms with van der Waals surface area (Å²) in [5.41, 5.74) is 11.2. The van der Waals surface area contributed by atoms with Gasteiger partial charge in [0.2, 0.25) is 0 Å². The van der Waals surface area contributed by atoms with E-state index >= 15 is 0 Å². The third-order valence-electron chi connectivity index (χ3n) is 3.64. The number of anilines is 2. The number of rotatable bonds is 2. The molecule has 0 amide bonds. The quantitative estimate of drug-likeness (QED) is 0.660. The second-order valence-corrected chi connectivity index (χ2v) is 4.95. The van der Waals surface area contributed by atoms with E-state index in [0.29, 0.717) is 0 Å². The highest BCUT2D eigenvalue weighted by Crippen LogP contribution is 2.31. The summed E-state index contributed by atoms with van der Waals surface area (Å²) in [6.07, 6.45) is 0. The van der Waals surface area contributed by atoms with Crippen LogP contribution in [-0.4, -0.2) is 5.78 Å². The molecule has 3 nitrogen and oxygen atoms in total. The van der Waals surface area contributed by atoms with Gasteiger partial charge in [-0.3, -0.25) is 4.79 Å². The average molecular weight is 252 g/mol. The molecule has 1 aliphatic rings. The topological polar surface area (TPSA) is 46.3 Å². The lowest BCUT2D eigenvalue weighted by atomic mass is 10.1. The number of benzene rings is 2. The van der Waals surface area contributed by atoms with E-state index in [0.717, 1.165) is 30.0 Å². The number of Topliss-reactive ketones (excluding diaryl/α,β-unsaturated/α-hetero) is 1. The van der Waals surface area contributed by atoms with Crippen LogP contribution in [0.3, 0.4) is 0 Å². The SMILES string of the molecule is CC(=O)c1cccc(N2Cc3cccc(N)c3C2)c1. The van der Waals surface area contributed by atoms with E-state index < -0.39 is 0 Å². The van der Waals surface area contributed by atoms with Gasteiger partial charge >= 0.3 is 0 Å². The van der Waals surface area contributed by atoms with E-state index in [1.807, 2.05) is 36.4 Å². The predicted octanol–water partition coefficient (Wildman–Crippen LogP) is 2.99. The minimum atomic E-state index is 0.0954. The van der Waals surface area contributed by atoms with Gasteiger partial charge in [0, 0.05) is 30.0 Å². The van der Waals surface area contributed by atoms with Crippen molar-refractivity contribution in [3.05, 3.63) is 59.2 Å². The Morgan fingerprint density at radius 1 is 1.16 bits per heavy atom. The molecular formula is C16H16N2O. The van der Waals surface area contributed by atoms with Crippen molar-refractivity contribution < 1.29 is 4.79 Å². The zero-order chi connectivity index (χ0) is 13.4. The number of hydrogen-bond acceptors (Lipinski definition) is 3. The summed E-state index contributed by atoms with van der Waals surface area (Å²) in [5.74, 6) is 0.0954. The molecule has 0 spiro atoms. The van der Waals surface area contributed by atoms with Crippen LogP contribution in [0.4, 0.5) is 11.4 Å². The van der Waals surface area contributed by atoms with Gasteiger partial charge in [-0.05, 0) is 36.2 Å². The molecule has 2 aromatic carbocycles. The molecule has 1 heterocycles. The zero-order valence-electron chi connectivity index (χ0n) is 10.9. The molecule has 0 unspecified atom stereocenters. The molecule has 96 valence electrons. The van der Waals surface area contributed by atoms with Gasteiger partial charge in [0.1, 0.15) is 0 Å². The fourth-order valence-electron chi connectivity index (χ4n) is 2.55. The molecule has 0 fully saturated rings. The summed E-state index contributed by atoms with van der Waals surface area (Å²) in [6.45, 7) is 3.25. The first kappa shape index (κ1) is 11.8. The van der Waals surface area contributed by atoms with Crippen LogP contribution in [0.1, 0.15) is 28.4 Å². The maximum atomic E-state index is 11.4. The minimum absolute atomic E-state index is 0.0954. The van der Waals surface area contributed by atoms with Crippen LogP contribution < -0.4 is 10.6 Å². The molecule has 1 aliphatic heterocycles. The highest BCUT2D eigenvalue weighted by atomic mass is 16.1. The van der Waals surface area contributed by atoms with Gasteiger partial charge in [0.25, 0.3) is 0 Å². The number of fused-ring (bicyclic) bond motifs is 1. The van der Waals surface area contributed by atoms with Crippen LogP contribution in [0.2, 0.25) is 0 Å². The average Bonchev–Trinajstić information content (AvgIpc) is 2.84. The molecule has 0 saturated heterocycles. The van der Waals surface area contributed by atoms with Crippen molar-refractivity contribution in [1.29, 1.82) is 0 Å². The Kier molecular flexibility index (Phi) is 2.75. The lowest BCUT2D eigenvalue weighted by molar-refractivity contribution is 0.101. The third-order valence-corrected chi connectivity index (χ3v) is 3.64. The van der Waals surface area contributed by atoms with Crippen LogP contribution in [-0.2, 0) is 13.1 Å². The van der Waals surface area contributed by atoms with Crippen molar-refractivity contribution >= 4 is 17.2 Å². The highest BCUT2D eigenvalue weighted by Gasteiger charge is 2.21. The standard InChI is InChI=1S/C16H16N2O/c1-11(19)12-4-2-6-14(8-12)18-9-13-5-3-7-16(17)15(13)10-18/h2-8H,9-10,17H2,1H3. The predicted molar refractivity (Wildman–Crippen MR) is 77.2 cm³/mol. The molecule has 0 bridgehead atoms. The number of ketones is 1. The number of hydrogen-bond donors (Lipinski definition) is 1. The molecule has 0 saturated carbocycles. The van der Waals surface area contributed by atoms with Crippen LogP contribution in [0.25, 0.3) is 0 Å². The van der Waals surface area contributed by atoms with Gasteiger partial charge in [-0.2, -0.15) is 0 Å². The van der Waals surface area contributed by atoms with Crippen molar-refractivity contribution in [3.63, 3.8) is 0 Å². The highest BCUT2D eigenvalue weighted by molar-refractivity contribution is 5.95. The van der Waals surface area contributed by atoms with Gasteiger partial charge in [-0.25, -0.2) is 0 Å². The Bertz CT molecular complexity index is 649. The first-order valence-electron chi connectivity index (χ1n) is 6.37.